The zero-order valence-electron chi connectivity index (χ0n) is 21.0. The lowest BCUT2D eigenvalue weighted by atomic mass is 10.0. The smallest absolute Gasteiger partial charge is 0.310 e. The maximum atomic E-state index is 12.5. The van der Waals surface area contributed by atoms with E-state index in [0.29, 0.717) is 28.5 Å². The number of para-hydroxylation sites is 3. The maximum Gasteiger partial charge on any atom is 0.310 e. The lowest BCUT2D eigenvalue weighted by Gasteiger charge is -2.29. The minimum atomic E-state index is -0.983. The van der Waals surface area contributed by atoms with E-state index in [-0.39, 0.29) is 49.9 Å². The van der Waals surface area contributed by atoms with Crippen LogP contribution in [0.1, 0.15) is 38.7 Å². The number of aliphatic hydroxyl groups is 1. The second-order valence-corrected chi connectivity index (χ2v) is 9.59. The maximum absolute atomic E-state index is 12.5. The van der Waals surface area contributed by atoms with Crippen molar-refractivity contribution in [1.82, 2.24) is 16.1 Å². The lowest BCUT2D eigenvalue weighted by Crippen LogP contribution is -2.53. The van der Waals surface area contributed by atoms with Crippen molar-refractivity contribution in [1.29, 1.82) is 0 Å². The van der Waals surface area contributed by atoms with Crippen molar-refractivity contribution in [2.75, 3.05) is 19.8 Å². The second-order valence-electron chi connectivity index (χ2n) is 9.18. The van der Waals surface area contributed by atoms with Crippen LogP contribution in [-0.2, 0) is 9.59 Å². The van der Waals surface area contributed by atoms with Crippen LogP contribution < -0.4 is 25.5 Å². The van der Waals surface area contributed by atoms with Crippen LogP contribution in [0.5, 0.6) is 11.5 Å². The molecule has 1 heterocycles. The predicted molar refractivity (Wildman–Crippen MR) is 140 cm³/mol. The summed E-state index contributed by atoms with van der Waals surface area (Å²) in [5, 5.41) is 31.5. The molecule has 4 N–H and O–H groups in total. The normalized spacial score (nSPS) is 14.2. The first-order valence-corrected chi connectivity index (χ1v) is 12.3. The molecule has 12 nitrogen and oxygen atoms in total. The number of nitrogens with zero attached hydrogens (tertiary/aromatic N) is 2. The molecule has 0 saturated heterocycles. The van der Waals surface area contributed by atoms with Crippen LogP contribution in [-0.4, -0.2) is 59.1 Å². The molecule has 13 heteroatoms. The Labute approximate surface area is 224 Å². The van der Waals surface area contributed by atoms with Crippen LogP contribution >= 0.6 is 11.6 Å². The molecule has 0 aliphatic carbocycles. The Bertz CT molecular complexity index is 1200. The summed E-state index contributed by atoms with van der Waals surface area (Å²) in [7, 11) is 0. The molecule has 3 rings (SSSR count). The number of carbonyl (C=O) groups is 2. The standard InChI is InChI=1S/C25H30ClN5O7/c1-25(2,28-21(32)12-13-37-20-9-4-3-8-19(20)31(35)36)15-27-23(34)14-38-24-16(6-5-7-17(24)26)18-10-11-22(33)30-29-18/h3-9,21,28,32H,10-15H2,1-2H3,(H,27,34)(H,30,33)/t21-/m0/s1. The van der Waals surface area contributed by atoms with Crippen LogP contribution in [0.25, 0.3) is 0 Å². The molecule has 0 fully saturated rings. The van der Waals surface area contributed by atoms with Crippen LogP contribution in [0.15, 0.2) is 47.6 Å². The lowest BCUT2D eigenvalue weighted by molar-refractivity contribution is -0.385. The summed E-state index contributed by atoms with van der Waals surface area (Å²) in [5.74, 6) is -0.158. The highest BCUT2D eigenvalue weighted by atomic mass is 35.5. The molecular formula is C25H30ClN5O7. The fourth-order valence-corrected chi connectivity index (χ4v) is 3.87. The van der Waals surface area contributed by atoms with E-state index in [1.54, 1.807) is 44.2 Å². The Kier molecular flexibility index (Phi) is 9.99. The number of rotatable bonds is 13. The number of benzene rings is 2. The SMILES string of the molecule is CC(C)(CNC(=O)COc1c(Cl)cccc1C1=NNC(=O)CC1)N[C@@H](O)CCOc1ccccc1[N+](=O)[O-]. The van der Waals surface area contributed by atoms with Crippen LogP contribution in [0, 0.1) is 10.1 Å². The molecular weight excluding hydrogens is 518 g/mol. The fraction of sp³-hybridized carbons (Fsp3) is 0.400. The van der Waals surface area contributed by atoms with Gasteiger partial charge in [-0.25, -0.2) is 5.43 Å². The second kappa shape index (κ2) is 13.2. The van der Waals surface area contributed by atoms with Gasteiger partial charge in [0.25, 0.3) is 5.91 Å². The number of ether oxygens (including phenoxy) is 2. The molecule has 38 heavy (non-hydrogen) atoms. The minimum absolute atomic E-state index is 0.0461. The third kappa shape index (κ3) is 8.40. The van der Waals surface area contributed by atoms with E-state index in [1.165, 1.54) is 12.1 Å². The van der Waals surface area contributed by atoms with Crippen molar-refractivity contribution in [3.8, 4) is 11.5 Å². The molecule has 2 aromatic carbocycles. The van der Waals surface area contributed by atoms with Crippen molar-refractivity contribution in [2.45, 2.75) is 44.9 Å². The molecule has 0 radical (unpaired) electrons. The number of carbonyl (C=O) groups excluding carboxylic acids is 2. The summed E-state index contributed by atoms with van der Waals surface area (Å²) in [6.45, 7) is 3.50. The average molecular weight is 548 g/mol. The monoisotopic (exact) mass is 547 g/mol. The highest BCUT2D eigenvalue weighted by molar-refractivity contribution is 6.32. The van der Waals surface area contributed by atoms with E-state index >= 15 is 0 Å². The summed E-state index contributed by atoms with van der Waals surface area (Å²) in [6, 6.07) is 11.1. The van der Waals surface area contributed by atoms with Crippen LogP contribution in [0.3, 0.4) is 0 Å². The van der Waals surface area contributed by atoms with Gasteiger partial charge in [-0.15, -0.1) is 0 Å². The van der Waals surface area contributed by atoms with Crippen molar-refractivity contribution in [3.63, 3.8) is 0 Å². The number of hydrogen-bond acceptors (Lipinski definition) is 9. The number of amides is 2. The molecule has 2 aromatic rings. The first-order chi connectivity index (χ1) is 18.1. The molecule has 0 saturated carbocycles. The molecule has 204 valence electrons. The van der Waals surface area contributed by atoms with E-state index in [1.807, 2.05) is 0 Å². The fourth-order valence-electron chi connectivity index (χ4n) is 3.64. The summed E-state index contributed by atoms with van der Waals surface area (Å²) in [4.78, 5) is 34.4. The number of aliphatic hydroxyl groups excluding tert-OH is 1. The minimum Gasteiger partial charge on any atom is -0.487 e. The first kappa shape index (κ1) is 28.8. The van der Waals surface area contributed by atoms with Gasteiger partial charge in [-0.05, 0) is 32.0 Å². The van der Waals surface area contributed by atoms with Gasteiger partial charge in [0.1, 0.15) is 12.0 Å². The highest BCUT2D eigenvalue weighted by Crippen LogP contribution is 2.30. The number of nitro benzene ring substituents is 1. The average Bonchev–Trinajstić information content (AvgIpc) is 2.87. The molecule has 1 aliphatic rings. The first-order valence-electron chi connectivity index (χ1n) is 11.9. The molecule has 0 unspecified atom stereocenters. The topological polar surface area (TPSA) is 164 Å². The molecule has 1 atom stereocenters. The Morgan fingerprint density at radius 2 is 2.00 bits per heavy atom. The summed E-state index contributed by atoms with van der Waals surface area (Å²) >= 11 is 6.29. The van der Waals surface area contributed by atoms with Gasteiger partial charge in [0.15, 0.2) is 12.4 Å². The number of hydrogen-bond donors (Lipinski definition) is 4. The van der Waals surface area contributed by atoms with E-state index < -0.39 is 22.6 Å². The quantitative estimate of drug-likeness (QED) is 0.169. The van der Waals surface area contributed by atoms with Gasteiger partial charge in [-0.2, -0.15) is 5.10 Å². The van der Waals surface area contributed by atoms with Gasteiger partial charge in [-0.3, -0.25) is 25.0 Å². The Morgan fingerprint density at radius 1 is 1.24 bits per heavy atom. The van der Waals surface area contributed by atoms with E-state index in [2.05, 4.69) is 21.2 Å². The Morgan fingerprint density at radius 3 is 2.71 bits per heavy atom. The summed E-state index contributed by atoms with van der Waals surface area (Å²) < 4.78 is 11.2. The third-order valence-electron chi connectivity index (χ3n) is 5.53. The van der Waals surface area contributed by atoms with E-state index in [9.17, 15) is 24.8 Å². The predicted octanol–water partition coefficient (Wildman–Crippen LogP) is 2.51. The van der Waals surface area contributed by atoms with Gasteiger partial charge < -0.3 is 19.9 Å². The molecule has 2 amide bonds. The van der Waals surface area contributed by atoms with Gasteiger partial charge in [-0.1, -0.05) is 29.8 Å². The summed E-state index contributed by atoms with van der Waals surface area (Å²) in [5.41, 5.74) is 2.79. The van der Waals surface area contributed by atoms with E-state index in [4.69, 9.17) is 21.1 Å². The van der Waals surface area contributed by atoms with Crippen molar-refractivity contribution >= 4 is 34.8 Å². The number of halogens is 1. The number of nitro groups is 1. The number of hydrazone groups is 1. The van der Waals surface area contributed by atoms with Gasteiger partial charge in [0, 0.05) is 43.0 Å². The highest BCUT2D eigenvalue weighted by Gasteiger charge is 2.23. The van der Waals surface area contributed by atoms with Gasteiger partial charge in [0.05, 0.1) is 22.3 Å². The molecule has 0 aromatic heterocycles. The molecule has 1 aliphatic heterocycles. The number of nitrogens with one attached hydrogen (secondary N) is 3. The van der Waals surface area contributed by atoms with Crippen LogP contribution in [0.2, 0.25) is 5.02 Å². The van der Waals surface area contributed by atoms with Gasteiger partial charge >= 0.3 is 5.69 Å². The largest absolute Gasteiger partial charge is 0.487 e. The van der Waals surface area contributed by atoms with Crippen LogP contribution in [0.4, 0.5) is 5.69 Å². The van der Waals surface area contributed by atoms with Crippen molar-refractivity contribution in [3.05, 3.63) is 63.2 Å². The zero-order chi connectivity index (χ0) is 27.7. The zero-order valence-corrected chi connectivity index (χ0v) is 21.8. The molecule has 0 spiro atoms. The van der Waals surface area contributed by atoms with E-state index in [0.717, 1.165) is 0 Å². The Hall–Kier alpha value is -3.74. The Balaban J connectivity index is 1.45. The van der Waals surface area contributed by atoms with Crippen molar-refractivity contribution in [2.24, 2.45) is 5.10 Å². The molecule has 0 bridgehead atoms. The summed E-state index contributed by atoms with van der Waals surface area (Å²) in [6.07, 6.45) is -0.114. The van der Waals surface area contributed by atoms with Crippen molar-refractivity contribution < 1.29 is 29.1 Å². The third-order valence-corrected chi connectivity index (χ3v) is 5.82. The van der Waals surface area contributed by atoms with Gasteiger partial charge in [0.2, 0.25) is 5.91 Å².